The summed E-state index contributed by atoms with van der Waals surface area (Å²) in [6.07, 6.45) is 7.72. The van der Waals surface area contributed by atoms with E-state index >= 15 is 0 Å². The summed E-state index contributed by atoms with van der Waals surface area (Å²) in [6.45, 7) is 1.98. The van der Waals surface area contributed by atoms with E-state index in [4.69, 9.17) is 0 Å². The summed E-state index contributed by atoms with van der Waals surface area (Å²) in [6, 6.07) is 0. The van der Waals surface area contributed by atoms with Gasteiger partial charge in [-0.3, -0.25) is 0 Å². The number of halogens is 1. The third-order valence-electron chi connectivity index (χ3n) is 3.99. The molecule has 2 rings (SSSR count). The van der Waals surface area contributed by atoms with Crippen molar-refractivity contribution in [2.45, 2.75) is 49.8 Å². The molecule has 106 valence electrons. The van der Waals surface area contributed by atoms with Crippen LogP contribution in [0.2, 0.25) is 0 Å². The second kappa shape index (κ2) is 6.68. The van der Waals surface area contributed by atoms with Crippen LogP contribution in [0.5, 0.6) is 0 Å². The molecule has 1 aliphatic carbocycles. The summed E-state index contributed by atoms with van der Waals surface area (Å²) in [5.74, 6) is 0.512. The molecule has 2 aliphatic rings. The van der Waals surface area contributed by atoms with Gasteiger partial charge in [-0.1, -0.05) is 22.4 Å². The molecule has 0 bridgehead atoms. The Morgan fingerprint density at radius 1 is 1.06 bits per heavy atom. The largest absolute Gasteiger partial charge is 0.279 e. The second-order valence-electron chi connectivity index (χ2n) is 5.43. The van der Waals surface area contributed by atoms with Gasteiger partial charge in [0.25, 0.3) is 10.2 Å². The Hall–Kier alpha value is 0.350. The number of hydrogen-bond donors (Lipinski definition) is 1. The van der Waals surface area contributed by atoms with Gasteiger partial charge >= 0.3 is 0 Å². The van der Waals surface area contributed by atoms with Gasteiger partial charge in [-0.15, -0.1) is 0 Å². The average Bonchev–Trinajstić information content (AvgIpc) is 2.39. The molecule has 2 fully saturated rings. The standard InChI is InChI=1S/C12H23BrN2O2S/c13-12-6-4-11(5-7-12)10-14-18(16,17)15-8-2-1-3-9-15/h11-12,14H,1-10H2. The fourth-order valence-electron chi connectivity index (χ4n) is 2.75. The molecule has 1 heterocycles. The van der Waals surface area contributed by atoms with Gasteiger partial charge in [-0.05, 0) is 44.4 Å². The Kier molecular flexibility index (Phi) is 5.47. The number of nitrogens with zero attached hydrogens (tertiary/aromatic N) is 1. The zero-order chi connectivity index (χ0) is 13.0. The van der Waals surface area contributed by atoms with Crippen LogP contribution in [0.1, 0.15) is 44.9 Å². The molecule has 0 unspecified atom stereocenters. The van der Waals surface area contributed by atoms with E-state index in [0.717, 1.165) is 44.9 Å². The smallest absolute Gasteiger partial charge is 0.202 e. The molecule has 0 aromatic rings. The average molecular weight is 339 g/mol. The zero-order valence-corrected chi connectivity index (χ0v) is 13.2. The quantitative estimate of drug-likeness (QED) is 0.799. The van der Waals surface area contributed by atoms with Crippen molar-refractivity contribution in [3.8, 4) is 0 Å². The van der Waals surface area contributed by atoms with Gasteiger partial charge in [0.2, 0.25) is 0 Å². The van der Waals surface area contributed by atoms with E-state index < -0.39 is 10.2 Å². The monoisotopic (exact) mass is 338 g/mol. The first-order chi connectivity index (χ1) is 8.58. The highest BCUT2D eigenvalue weighted by molar-refractivity contribution is 9.09. The Labute approximate surface area is 119 Å². The van der Waals surface area contributed by atoms with E-state index in [2.05, 4.69) is 20.7 Å². The number of hydrogen-bond acceptors (Lipinski definition) is 2. The molecular formula is C12H23BrN2O2S. The van der Waals surface area contributed by atoms with Crippen LogP contribution >= 0.6 is 15.9 Å². The molecule has 1 N–H and O–H groups in total. The van der Waals surface area contributed by atoms with Crippen LogP contribution < -0.4 is 4.72 Å². The number of nitrogens with one attached hydrogen (secondary N) is 1. The predicted octanol–water partition coefficient (Wildman–Crippen LogP) is 2.26. The first kappa shape index (κ1) is 14.8. The van der Waals surface area contributed by atoms with Crippen LogP contribution in [0.25, 0.3) is 0 Å². The van der Waals surface area contributed by atoms with Gasteiger partial charge in [0, 0.05) is 24.5 Å². The molecule has 0 aromatic heterocycles. The lowest BCUT2D eigenvalue weighted by Gasteiger charge is -2.29. The van der Waals surface area contributed by atoms with Crippen molar-refractivity contribution in [3.05, 3.63) is 0 Å². The van der Waals surface area contributed by atoms with Gasteiger partial charge in [0.15, 0.2) is 0 Å². The van der Waals surface area contributed by atoms with E-state index in [1.165, 1.54) is 0 Å². The lowest BCUT2D eigenvalue weighted by molar-refractivity contribution is 0.330. The molecule has 0 radical (unpaired) electrons. The number of rotatable bonds is 4. The minimum Gasteiger partial charge on any atom is -0.202 e. The second-order valence-corrected chi connectivity index (χ2v) is 8.48. The van der Waals surface area contributed by atoms with Crippen LogP contribution in [-0.2, 0) is 10.2 Å². The van der Waals surface area contributed by atoms with Crippen molar-refractivity contribution >= 4 is 26.1 Å². The zero-order valence-electron chi connectivity index (χ0n) is 10.8. The van der Waals surface area contributed by atoms with Crippen LogP contribution in [0, 0.1) is 5.92 Å². The molecule has 18 heavy (non-hydrogen) atoms. The summed E-state index contributed by atoms with van der Waals surface area (Å²) >= 11 is 3.62. The van der Waals surface area contributed by atoms with Crippen LogP contribution in [-0.4, -0.2) is 37.2 Å². The Morgan fingerprint density at radius 3 is 2.28 bits per heavy atom. The fourth-order valence-corrected chi connectivity index (χ4v) is 4.64. The van der Waals surface area contributed by atoms with Crippen molar-refractivity contribution in [1.29, 1.82) is 0 Å². The Morgan fingerprint density at radius 2 is 1.67 bits per heavy atom. The van der Waals surface area contributed by atoms with Crippen molar-refractivity contribution in [3.63, 3.8) is 0 Å². The normalized spacial score (nSPS) is 31.4. The van der Waals surface area contributed by atoms with E-state index in [1.807, 2.05) is 0 Å². The third kappa shape index (κ3) is 4.18. The molecule has 1 aliphatic heterocycles. The molecule has 1 saturated heterocycles. The molecule has 1 saturated carbocycles. The summed E-state index contributed by atoms with van der Waals surface area (Å²) in [5, 5.41) is 0. The summed E-state index contributed by atoms with van der Waals surface area (Å²) in [7, 11) is -3.22. The topological polar surface area (TPSA) is 49.4 Å². The minimum absolute atomic E-state index is 0.512. The minimum atomic E-state index is -3.22. The van der Waals surface area contributed by atoms with E-state index in [9.17, 15) is 8.42 Å². The lowest BCUT2D eigenvalue weighted by Crippen LogP contribution is -2.45. The van der Waals surface area contributed by atoms with Crippen molar-refractivity contribution < 1.29 is 8.42 Å². The summed E-state index contributed by atoms with van der Waals surface area (Å²) < 4.78 is 28.6. The van der Waals surface area contributed by atoms with Crippen LogP contribution in [0.15, 0.2) is 0 Å². The maximum absolute atomic E-state index is 12.1. The first-order valence-electron chi connectivity index (χ1n) is 6.97. The van der Waals surface area contributed by atoms with E-state index in [1.54, 1.807) is 4.31 Å². The molecular weight excluding hydrogens is 316 g/mol. The highest BCUT2D eigenvalue weighted by Crippen LogP contribution is 2.28. The highest BCUT2D eigenvalue weighted by atomic mass is 79.9. The predicted molar refractivity (Wildman–Crippen MR) is 77.0 cm³/mol. The van der Waals surface area contributed by atoms with Crippen molar-refractivity contribution in [2.75, 3.05) is 19.6 Å². The van der Waals surface area contributed by atoms with Gasteiger partial charge in [0.1, 0.15) is 0 Å². The summed E-state index contributed by atoms with van der Waals surface area (Å²) in [5.41, 5.74) is 0. The van der Waals surface area contributed by atoms with Crippen LogP contribution in [0.4, 0.5) is 0 Å². The van der Waals surface area contributed by atoms with Gasteiger partial charge < -0.3 is 0 Å². The number of alkyl halides is 1. The van der Waals surface area contributed by atoms with E-state index in [-0.39, 0.29) is 0 Å². The Bertz CT molecular complexity index is 347. The first-order valence-corrected chi connectivity index (χ1v) is 9.32. The molecule has 0 atom stereocenters. The summed E-state index contributed by atoms with van der Waals surface area (Å²) in [4.78, 5) is 0.632. The molecule has 6 heteroatoms. The van der Waals surface area contributed by atoms with E-state index in [0.29, 0.717) is 30.4 Å². The maximum atomic E-state index is 12.1. The molecule has 4 nitrogen and oxygen atoms in total. The van der Waals surface area contributed by atoms with Gasteiger partial charge in [-0.25, -0.2) is 4.72 Å². The van der Waals surface area contributed by atoms with Crippen LogP contribution in [0.3, 0.4) is 0 Å². The molecule has 0 spiro atoms. The van der Waals surface area contributed by atoms with Crippen molar-refractivity contribution in [1.82, 2.24) is 9.03 Å². The van der Waals surface area contributed by atoms with Gasteiger partial charge in [-0.2, -0.15) is 12.7 Å². The third-order valence-corrected chi connectivity index (χ3v) is 6.48. The fraction of sp³-hybridized carbons (Fsp3) is 1.00. The highest BCUT2D eigenvalue weighted by Gasteiger charge is 2.25. The number of piperidine rings is 1. The molecule has 0 amide bonds. The lowest BCUT2D eigenvalue weighted by atomic mass is 9.89. The van der Waals surface area contributed by atoms with Gasteiger partial charge in [0.05, 0.1) is 0 Å². The SMILES string of the molecule is O=S(=O)(NCC1CCC(Br)CC1)N1CCCCC1. The maximum Gasteiger partial charge on any atom is 0.279 e. The molecule has 0 aromatic carbocycles. The van der Waals surface area contributed by atoms with Crippen molar-refractivity contribution in [2.24, 2.45) is 5.92 Å². The Balaban J connectivity index is 1.77.